The standard InChI is InChI=1S/C13H27NO2S/c1-4-11(3)17(15,16)10-13(14-5-2)12-8-6-7-9-12/h11-14H,4-10H2,1-3H3. The van der Waals surface area contributed by atoms with E-state index in [2.05, 4.69) is 12.2 Å². The van der Waals surface area contributed by atoms with Gasteiger partial charge in [-0.2, -0.15) is 0 Å². The van der Waals surface area contributed by atoms with E-state index in [4.69, 9.17) is 0 Å². The van der Waals surface area contributed by atoms with E-state index < -0.39 is 9.84 Å². The fourth-order valence-electron chi connectivity index (χ4n) is 2.65. The zero-order valence-corrected chi connectivity index (χ0v) is 12.2. The quantitative estimate of drug-likeness (QED) is 0.765. The average molecular weight is 261 g/mol. The zero-order valence-electron chi connectivity index (χ0n) is 11.4. The minimum Gasteiger partial charge on any atom is -0.313 e. The van der Waals surface area contributed by atoms with Crippen molar-refractivity contribution in [1.82, 2.24) is 5.32 Å². The predicted octanol–water partition coefficient (Wildman–Crippen LogP) is 2.37. The van der Waals surface area contributed by atoms with Gasteiger partial charge in [0.25, 0.3) is 0 Å². The highest BCUT2D eigenvalue weighted by Crippen LogP contribution is 2.29. The van der Waals surface area contributed by atoms with Crippen molar-refractivity contribution in [2.24, 2.45) is 5.92 Å². The number of hydrogen-bond acceptors (Lipinski definition) is 3. The molecule has 0 spiro atoms. The third-order valence-electron chi connectivity index (χ3n) is 4.04. The van der Waals surface area contributed by atoms with Gasteiger partial charge in [0.1, 0.15) is 0 Å². The predicted molar refractivity (Wildman–Crippen MR) is 73.0 cm³/mol. The van der Waals surface area contributed by atoms with Gasteiger partial charge in [0, 0.05) is 6.04 Å². The van der Waals surface area contributed by atoms with Gasteiger partial charge in [-0.15, -0.1) is 0 Å². The van der Waals surface area contributed by atoms with E-state index in [-0.39, 0.29) is 11.3 Å². The van der Waals surface area contributed by atoms with Gasteiger partial charge in [0.05, 0.1) is 11.0 Å². The Hall–Kier alpha value is -0.0900. The summed E-state index contributed by atoms with van der Waals surface area (Å²) >= 11 is 0. The first-order chi connectivity index (χ1) is 8.01. The molecule has 3 nitrogen and oxygen atoms in total. The summed E-state index contributed by atoms with van der Waals surface area (Å²) in [4.78, 5) is 0. The Morgan fingerprint density at radius 1 is 1.24 bits per heavy atom. The summed E-state index contributed by atoms with van der Waals surface area (Å²) in [5.74, 6) is 0.884. The molecule has 1 rings (SSSR count). The fraction of sp³-hybridized carbons (Fsp3) is 1.00. The third kappa shape index (κ3) is 4.25. The maximum absolute atomic E-state index is 12.2. The number of hydrogen-bond donors (Lipinski definition) is 1. The lowest BCUT2D eigenvalue weighted by molar-refractivity contribution is 0.388. The van der Waals surface area contributed by atoms with Crippen LogP contribution >= 0.6 is 0 Å². The molecule has 102 valence electrons. The van der Waals surface area contributed by atoms with E-state index >= 15 is 0 Å². The van der Waals surface area contributed by atoms with Gasteiger partial charge in [-0.1, -0.05) is 26.7 Å². The summed E-state index contributed by atoms with van der Waals surface area (Å²) < 4.78 is 24.3. The molecule has 17 heavy (non-hydrogen) atoms. The molecule has 0 amide bonds. The second kappa shape index (κ2) is 6.74. The normalized spacial score (nSPS) is 21.6. The Balaban J connectivity index is 2.65. The molecular formula is C13H27NO2S. The molecule has 0 radical (unpaired) electrons. The SMILES string of the molecule is CCNC(CS(=O)(=O)C(C)CC)C1CCCC1. The van der Waals surface area contributed by atoms with E-state index in [0.29, 0.717) is 18.1 Å². The molecule has 0 saturated heterocycles. The Bertz CT molecular complexity index is 307. The average Bonchev–Trinajstić information content (AvgIpc) is 2.80. The minimum absolute atomic E-state index is 0.168. The van der Waals surface area contributed by atoms with Gasteiger partial charge in [0.2, 0.25) is 0 Å². The first kappa shape index (κ1) is 15.0. The van der Waals surface area contributed by atoms with Gasteiger partial charge < -0.3 is 5.32 Å². The highest BCUT2D eigenvalue weighted by Gasteiger charge is 2.30. The summed E-state index contributed by atoms with van der Waals surface area (Å²) in [7, 11) is -2.93. The lowest BCUT2D eigenvalue weighted by atomic mass is 10.00. The van der Waals surface area contributed by atoms with E-state index in [9.17, 15) is 8.42 Å². The molecule has 0 aliphatic heterocycles. The zero-order chi connectivity index (χ0) is 12.9. The molecule has 1 fully saturated rings. The van der Waals surface area contributed by atoms with Crippen LogP contribution in [0.3, 0.4) is 0 Å². The Morgan fingerprint density at radius 3 is 2.29 bits per heavy atom. The first-order valence-electron chi connectivity index (χ1n) is 6.96. The van der Waals surface area contributed by atoms with Crippen molar-refractivity contribution in [2.45, 2.75) is 64.2 Å². The molecule has 1 N–H and O–H groups in total. The van der Waals surface area contributed by atoms with E-state index in [1.54, 1.807) is 0 Å². The topological polar surface area (TPSA) is 46.2 Å². The Kier molecular flexibility index (Phi) is 5.93. The van der Waals surface area contributed by atoms with Crippen LogP contribution in [0.25, 0.3) is 0 Å². The summed E-state index contributed by atoms with van der Waals surface area (Å²) in [5.41, 5.74) is 0. The molecule has 4 heteroatoms. The summed E-state index contributed by atoms with van der Waals surface area (Å²) in [5, 5.41) is 3.18. The molecule has 0 bridgehead atoms. The molecule has 0 aromatic rings. The van der Waals surface area contributed by atoms with Gasteiger partial charge >= 0.3 is 0 Å². The van der Waals surface area contributed by atoms with Crippen LogP contribution < -0.4 is 5.32 Å². The molecule has 1 aliphatic rings. The van der Waals surface area contributed by atoms with Crippen molar-refractivity contribution in [3.8, 4) is 0 Å². The maximum atomic E-state index is 12.2. The highest BCUT2D eigenvalue weighted by molar-refractivity contribution is 7.92. The van der Waals surface area contributed by atoms with Crippen LogP contribution in [0, 0.1) is 5.92 Å². The smallest absolute Gasteiger partial charge is 0.154 e. The van der Waals surface area contributed by atoms with Crippen LogP contribution in [0.15, 0.2) is 0 Å². The largest absolute Gasteiger partial charge is 0.313 e. The van der Waals surface area contributed by atoms with Crippen molar-refractivity contribution >= 4 is 9.84 Å². The molecule has 1 saturated carbocycles. The number of nitrogens with one attached hydrogen (secondary N) is 1. The van der Waals surface area contributed by atoms with Gasteiger partial charge in [0.15, 0.2) is 9.84 Å². The Morgan fingerprint density at radius 2 is 1.82 bits per heavy atom. The molecular weight excluding hydrogens is 234 g/mol. The van der Waals surface area contributed by atoms with Crippen molar-refractivity contribution < 1.29 is 8.42 Å². The van der Waals surface area contributed by atoms with E-state index in [1.165, 1.54) is 25.7 Å². The van der Waals surface area contributed by atoms with Gasteiger partial charge in [-0.3, -0.25) is 0 Å². The van der Waals surface area contributed by atoms with E-state index in [0.717, 1.165) is 6.54 Å². The summed E-state index contributed by atoms with van der Waals surface area (Å²) in [6, 6.07) is 0.168. The van der Waals surface area contributed by atoms with Crippen LogP contribution in [0.1, 0.15) is 52.9 Å². The van der Waals surface area contributed by atoms with Crippen molar-refractivity contribution in [1.29, 1.82) is 0 Å². The van der Waals surface area contributed by atoms with Gasteiger partial charge in [-0.05, 0) is 38.6 Å². The molecule has 0 aromatic heterocycles. The summed E-state index contributed by atoms with van der Waals surface area (Å²) in [6.45, 7) is 6.68. The van der Waals surface area contributed by atoms with Gasteiger partial charge in [-0.25, -0.2) is 8.42 Å². The number of sulfone groups is 1. The van der Waals surface area contributed by atoms with Crippen LogP contribution in [-0.2, 0) is 9.84 Å². The second-order valence-electron chi connectivity index (χ2n) is 5.26. The molecule has 0 aromatic carbocycles. The lowest BCUT2D eigenvalue weighted by Crippen LogP contribution is -2.42. The van der Waals surface area contributed by atoms with Crippen LogP contribution in [0.2, 0.25) is 0 Å². The minimum atomic E-state index is -2.93. The molecule has 2 atom stereocenters. The second-order valence-corrected chi connectivity index (χ2v) is 7.72. The van der Waals surface area contributed by atoms with Crippen molar-refractivity contribution in [3.05, 3.63) is 0 Å². The maximum Gasteiger partial charge on any atom is 0.154 e. The highest BCUT2D eigenvalue weighted by atomic mass is 32.2. The summed E-state index contributed by atoms with van der Waals surface area (Å²) in [6.07, 6.45) is 5.61. The first-order valence-corrected chi connectivity index (χ1v) is 8.67. The lowest BCUT2D eigenvalue weighted by Gasteiger charge is -2.25. The molecule has 0 heterocycles. The Labute approximate surface area is 106 Å². The monoisotopic (exact) mass is 261 g/mol. The molecule has 1 aliphatic carbocycles. The van der Waals surface area contributed by atoms with Crippen molar-refractivity contribution in [3.63, 3.8) is 0 Å². The third-order valence-corrected chi connectivity index (χ3v) is 6.42. The van der Waals surface area contributed by atoms with Crippen LogP contribution in [-0.4, -0.2) is 32.0 Å². The number of rotatable bonds is 7. The fourth-order valence-corrected chi connectivity index (χ4v) is 4.38. The van der Waals surface area contributed by atoms with Crippen LogP contribution in [0.4, 0.5) is 0 Å². The van der Waals surface area contributed by atoms with E-state index in [1.807, 2.05) is 13.8 Å². The molecule has 2 unspecified atom stereocenters. The van der Waals surface area contributed by atoms with Crippen molar-refractivity contribution in [2.75, 3.05) is 12.3 Å². The van der Waals surface area contributed by atoms with Crippen LogP contribution in [0.5, 0.6) is 0 Å².